The van der Waals surface area contributed by atoms with Crippen molar-refractivity contribution in [2.75, 3.05) is 4.90 Å². The lowest BCUT2D eigenvalue weighted by atomic mass is 9.73. The van der Waals surface area contributed by atoms with E-state index in [1.807, 2.05) is 42.5 Å². The van der Waals surface area contributed by atoms with Gasteiger partial charge in [-0.05, 0) is 36.2 Å². The molecular formula is C20H16ClNO3. The predicted molar refractivity (Wildman–Crippen MR) is 93.4 cm³/mol. The SMILES string of the molecule is O=C1[C@@H]2[C@@H]3O[C@@H](C[C@H]3c3ccc(Cl)cc3)[C@@H]2C(=O)N1c1ccccc1. The Morgan fingerprint density at radius 2 is 1.60 bits per heavy atom. The Morgan fingerprint density at radius 3 is 2.32 bits per heavy atom. The summed E-state index contributed by atoms with van der Waals surface area (Å²) in [6.07, 6.45) is 0.358. The van der Waals surface area contributed by atoms with Crippen LogP contribution >= 0.6 is 11.6 Å². The lowest BCUT2D eigenvalue weighted by Crippen LogP contribution is -2.35. The number of fused-ring (bicyclic) bond motifs is 5. The number of ether oxygens (including phenoxy) is 1. The summed E-state index contributed by atoms with van der Waals surface area (Å²) in [6, 6.07) is 16.9. The van der Waals surface area contributed by atoms with Crippen molar-refractivity contribution in [3.63, 3.8) is 0 Å². The molecule has 0 saturated carbocycles. The average molecular weight is 354 g/mol. The van der Waals surface area contributed by atoms with Gasteiger partial charge in [0, 0.05) is 10.9 Å². The van der Waals surface area contributed by atoms with Gasteiger partial charge in [-0.25, -0.2) is 4.90 Å². The third-order valence-electron chi connectivity index (χ3n) is 5.68. The van der Waals surface area contributed by atoms with E-state index in [9.17, 15) is 9.59 Å². The van der Waals surface area contributed by atoms with Gasteiger partial charge in [-0.15, -0.1) is 0 Å². The Morgan fingerprint density at radius 1 is 0.920 bits per heavy atom. The largest absolute Gasteiger partial charge is 0.373 e. The Balaban J connectivity index is 1.49. The molecule has 4 nitrogen and oxygen atoms in total. The first-order valence-electron chi connectivity index (χ1n) is 8.49. The van der Waals surface area contributed by atoms with Crippen LogP contribution in [0.3, 0.4) is 0 Å². The molecule has 0 radical (unpaired) electrons. The minimum absolute atomic E-state index is 0.122. The number of para-hydroxylation sites is 1. The number of nitrogens with zero attached hydrogens (tertiary/aromatic N) is 1. The van der Waals surface area contributed by atoms with Crippen molar-refractivity contribution >= 4 is 29.1 Å². The molecule has 5 heteroatoms. The van der Waals surface area contributed by atoms with E-state index >= 15 is 0 Å². The van der Waals surface area contributed by atoms with Crippen molar-refractivity contribution in [1.29, 1.82) is 0 Å². The van der Waals surface area contributed by atoms with Crippen LogP contribution in [-0.4, -0.2) is 24.0 Å². The van der Waals surface area contributed by atoms with E-state index in [2.05, 4.69) is 0 Å². The first-order valence-corrected chi connectivity index (χ1v) is 8.87. The summed E-state index contributed by atoms with van der Waals surface area (Å²) in [5, 5.41) is 0.688. The maximum atomic E-state index is 13.0. The lowest BCUT2D eigenvalue weighted by molar-refractivity contribution is -0.124. The fourth-order valence-corrected chi connectivity index (χ4v) is 4.75. The second kappa shape index (κ2) is 5.41. The smallest absolute Gasteiger partial charge is 0.240 e. The topological polar surface area (TPSA) is 46.6 Å². The summed E-state index contributed by atoms with van der Waals surface area (Å²) >= 11 is 5.98. The van der Waals surface area contributed by atoms with E-state index in [0.717, 1.165) is 12.0 Å². The molecule has 2 bridgehead atoms. The number of rotatable bonds is 2. The molecule has 2 aromatic rings. The molecule has 5 atom stereocenters. The molecule has 3 heterocycles. The van der Waals surface area contributed by atoms with Gasteiger partial charge < -0.3 is 4.74 Å². The summed E-state index contributed by atoms with van der Waals surface area (Å²) in [5.74, 6) is -0.847. The molecule has 3 fully saturated rings. The van der Waals surface area contributed by atoms with E-state index in [1.165, 1.54) is 4.90 Å². The maximum Gasteiger partial charge on any atom is 0.240 e. The van der Waals surface area contributed by atoms with Gasteiger partial charge in [0.1, 0.15) is 0 Å². The van der Waals surface area contributed by atoms with Crippen LogP contribution in [0.15, 0.2) is 54.6 Å². The Bertz CT molecular complexity index is 851. The average Bonchev–Trinajstić information content (AvgIpc) is 3.28. The number of imide groups is 1. The predicted octanol–water partition coefficient (Wildman–Crippen LogP) is 3.40. The highest BCUT2D eigenvalue weighted by atomic mass is 35.5. The number of hydrogen-bond acceptors (Lipinski definition) is 3. The highest BCUT2D eigenvalue weighted by molar-refractivity contribution is 6.30. The standard InChI is InChI=1S/C20H16ClNO3/c21-12-8-6-11(7-9-12)14-10-15-16-17(18(14)25-15)20(24)22(19(16)23)13-4-2-1-3-5-13/h1-9,14-18H,10H2/t14-,15-,16-,17-,18+/m0/s1. The van der Waals surface area contributed by atoms with Gasteiger partial charge in [0.15, 0.2) is 0 Å². The van der Waals surface area contributed by atoms with Crippen LogP contribution in [0.1, 0.15) is 17.9 Å². The van der Waals surface area contributed by atoms with E-state index in [1.54, 1.807) is 12.1 Å². The van der Waals surface area contributed by atoms with Crippen LogP contribution in [0.5, 0.6) is 0 Å². The van der Waals surface area contributed by atoms with Gasteiger partial charge in [-0.3, -0.25) is 9.59 Å². The Labute approximate surface area is 150 Å². The van der Waals surface area contributed by atoms with E-state index < -0.39 is 0 Å². The molecular weight excluding hydrogens is 338 g/mol. The zero-order valence-electron chi connectivity index (χ0n) is 13.3. The van der Waals surface area contributed by atoms with Gasteiger partial charge in [-0.2, -0.15) is 0 Å². The molecule has 5 rings (SSSR count). The van der Waals surface area contributed by atoms with Crippen molar-refractivity contribution < 1.29 is 14.3 Å². The third kappa shape index (κ3) is 2.11. The highest BCUT2D eigenvalue weighted by Crippen LogP contribution is 2.54. The van der Waals surface area contributed by atoms with Crippen LogP contribution in [0.2, 0.25) is 5.02 Å². The molecule has 3 aliphatic heterocycles. The molecule has 126 valence electrons. The Hall–Kier alpha value is -2.17. The van der Waals surface area contributed by atoms with Gasteiger partial charge in [0.25, 0.3) is 0 Å². The summed E-state index contributed by atoms with van der Waals surface area (Å²) < 4.78 is 6.06. The monoisotopic (exact) mass is 353 g/mol. The van der Waals surface area contributed by atoms with E-state index in [0.29, 0.717) is 10.7 Å². The number of amides is 2. The third-order valence-corrected chi connectivity index (χ3v) is 5.93. The van der Waals surface area contributed by atoms with Gasteiger partial charge >= 0.3 is 0 Å². The minimum Gasteiger partial charge on any atom is -0.373 e. The van der Waals surface area contributed by atoms with Crippen LogP contribution in [0.4, 0.5) is 5.69 Å². The quantitative estimate of drug-likeness (QED) is 0.777. The molecule has 25 heavy (non-hydrogen) atoms. The lowest BCUT2D eigenvalue weighted by Gasteiger charge is -2.25. The summed E-state index contributed by atoms with van der Waals surface area (Å²) in [6.45, 7) is 0. The fourth-order valence-electron chi connectivity index (χ4n) is 4.62. The van der Waals surface area contributed by atoms with Crippen LogP contribution in [-0.2, 0) is 14.3 Å². The summed E-state index contributed by atoms with van der Waals surface area (Å²) in [5.41, 5.74) is 1.77. The van der Waals surface area contributed by atoms with Crippen molar-refractivity contribution in [1.82, 2.24) is 0 Å². The van der Waals surface area contributed by atoms with Crippen molar-refractivity contribution in [3.8, 4) is 0 Å². The van der Waals surface area contributed by atoms with Crippen LogP contribution in [0, 0.1) is 11.8 Å². The first kappa shape index (κ1) is 15.1. The number of benzene rings is 2. The zero-order valence-corrected chi connectivity index (χ0v) is 14.1. The zero-order chi connectivity index (χ0) is 17.1. The number of carbonyl (C=O) groups excluding carboxylic acids is 2. The number of hydrogen-bond donors (Lipinski definition) is 0. The van der Waals surface area contributed by atoms with Crippen molar-refractivity contribution in [3.05, 3.63) is 65.2 Å². The molecule has 3 aliphatic rings. The first-order chi connectivity index (χ1) is 12.1. The van der Waals surface area contributed by atoms with Gasteiger partial charge in [0.2, 0.25) is 11.8 Å². The van der Waals surface area contributed by atoms with Crippen LogP contribution < -0.4 is 4.90 Å². The number of carbonyl (C=O) groups is 2. The summed E-state index contributed by atoms with van der Waals surface area (Å²) in [4.78, 5) is 27.3. The molecule has 3 saturated heterocycles. The van der Waals surface area contributed by atoms with Crippen molar-refractivity contribution in [2.45, 2.75) is 24.5 Å². The molecule has 0 aliphatic carbocycles. The highest BCUT2D eigenvalue weighted by Gasteiger charge is 2.65. The summed E-state index contributed by atoms with van der Waals surface area (Å²) in [7, 11) is 0. The number of anilines is 1. The van der Waals surface area contributed by atoms with E-state index in [-0.39, 0.29) is 41.8 Å². The van der Waals surface area contributed by atoms with Crippen molar-refractivity contribution in [2.24, 2.45) is 11.8 Å². The molecule has 0 spiro atoms. The van der Waals surface area contributed by atoms with Crippen LogP contribution in [0.25, 0.3) is 0 Å². The minimum atomic E-state index is -0.382. The number of halogens is 1. The Kier molecular flexibility index (Phi) is 3.27. The molecule has 0 aromatic heterocycles. The second-order valence-corrected chi connectivity index (χ2v) is 7.37. The van der Waals surface area contributed by atoms with Gasteiger partial charge in [-0.1, -0.05) is 41.9 Å². The van der Waals surface area contributed by atoms with E-state index in [4.69, 9.17) is 16.3 Å². The fraction of sp³-hybridized carbons (Fsp3) is 0.300. The molecule has 0 N–H and O–H groups in total. The molecule has 2 amide bonds. The molecule has 2 aromatic carbocycles. The normalized spacial score (nSPS) is 33.2. The van der Waals surface area contributed by atoms with Gasteiger partial charge in [0.05, 0.1) is 29.7 Å². The second-order valence-electron chi connectivity index (χ2n) is 6.93. The molecule has 0 unspecified atom stereocenters. The maximum absolute atomic E-state index is 13.0.